The summed E-state index contributed by atoms with van der Waals surface area (Å²) < 4.78 is 19.1. The van der Waals surface area contributed by atoms with E-state index in [1.807, 2.05) is 11.8 Å². The van der Waals surface area contributed by atoms with E-state index in [1.165, 1.54) is 12.1 Å². The van der Waals surface area contributed by atoms with Crippen LogP contribution < -0.4 is 5.43 Å². The standard InChI is InChI=1S/C21H25FN4O2/c1-14-19-17(24-23-16-8-6-15(22)7-9-16)4-3-5-18(19)28-20(14)21(27)26-12-10-25(2)11-13-26/h6-9,23H,3-5,10-13H2,1-2H3/b24-17+. The zero-order chi connectivity index (χ0) is 19.7. The molecule has 1 saturated heterocycles. The Bertz CT molecular complexity index is 896. The minimum Gasteiger partial charge on any atom is -0.455 e. The van der Waals surface area contributed by atoms with Crippen molar-refractivity contribution in [3.05, 3.63) is 52.7 Å². The van der Waals surface area contributed by atoms with Crippen LogP contribution in [0.25, 0.3) is 0 Å². The first-order chi connectivity index (χ1) is 13.5. The Morgan fingerprint density at radius 1 is 1.14 bits per heavy atom. The van der Waals surface area contributed by atoms with Crippen LogP contribution >= 0.6 is 0 Å². The second-order valence-corrected chi connectivity index (χ2v) is 7.48. The maximum Gasteiger partial charge on any atom is 0.289 e. The zero-order valence-electron chi connectivity index (χ0n) is 16.3. The highest BCUT2D eigenvalue weighted by molar-refractivity contribution is 6.06. The summed E-state index contributed by atoms with van der Waals surface area (Å²) >= 11 is 0. The molecule has 1 amide bonds. The third kappa shape index (κ3) is 3.67. The molecule has 4 rings (SSSR count). The van der Waals surface area contributed by atoms with Crippen molar-refractivity contribution in [2.24, 2.45) is 5.10 Å². The average Bonchev–Trinajstić information content (AvgIpc) is 3.05. The summed E-state index contributed by atoms with van der Waals surface area (Å²) in [5.41, 5.74) is 6.39. The van der Waals surface area contributed by atoms with Gasteiger partial charge in [-0.2, -0.15) is 5.10 Å². The Morgan fingerprint density at radius 3 is 2.57 bits per heavy atom. The summed E-state index contributed by atoms with van der Waals surface area (Å²) in [6.07, 6.45) is 2.54. The molecule has 1 aliphatic carbocycles. The number of anilines is 1. The van der Waals surface area contributed by atoms with Crippen molar-refractivity contribution in [3.63, 3.8) is 0 Å². The predicted octanol–water partition coefficient (Wildman–Crippen LogP) is 3.27. The van der Waals surface area contributed by atoms with Gasteiger partial charge in [-0.05, 0) is 51.1 Å². The smallest absolute Gasteiger partial charge is 0.289 e. The lowest BCUT2D eigenvalue weighted by atomic mass is 9.93. The fourth-order valence-corrected chi connectivity index (χ4v) is 3.79. The first kappa shape index (κ1) is 18.7. The number of carbonyl (C=O) groups is 1. The van der Waals surface area contributed by atoms with Gasteiger partial charge in [0.15, 0.2) is 5.76 Å². The maximum absolute atomic E-state index is 13.1. The third-order valence-electron chi connectivity index (χ3n) is 5.47. The number of rotatable bonds is 3. The van der Waals surface area contributed by atoms with Gasteiger partial charge in [-0.3, -0.25) is 10.2 Å². The van der Waals surface area contributed by atoms with Crippen LogP contribution in [0.4, 0.5) is 10.1 Å². The highest BCUT2D eigenvalue weighted by atomic mass is 19.1. The van der Waals surface area contributed by atoms with Crippen molar-refractivity contribution >= 4 is 17.3 Å². The number of nitrogens with one attached hydrogen (secondary N) is 1. The van der Waals surface area contributed by atoms with Crippen molar-refractivity contribution in [2.45, 2.75) is 26.2 Å². The number of nitrogens with zero attached hydrogens (tertiary/aromatic N) is 3. The van der Waals surface area contributed by atoms with E-state index in [2.05, 4.69) is 22.5 Å². The van der Waals surface area contributed by atoms with E-state index in [9.17, 15) is 9.18 Å². The minimum atomic E-state index is -0.282. The molecule has 0 unspecified atom stereocenters. The van der Waals surface area contributed by atoms with E-state index in [1.54, 1.807) is 12.1 Å². The number of fused-ring (bicyclic) bond motifs is 1. The Morgan fingerprint density at radius 2 is 1.86 bits per heavy atom. The molecule has 6 nitrogen and oxygen atoms in total. The molecule has 1 N–H and O–H groups in total. The predicted molar refractivity (Wildman–Crippen MR) is 106 cm³/mol. The van der Waals surface area contributed by atoms with E-state index in [-0.39, 0.29) is 11.7 Å². The number of halogens is 1. The number of hydrogen-bond acceptors (Lipinski definition) is 5. The molecule has 1 aliphatic heterocycles. The summed E-state index contributed by atoms with van der Waals surface area (Å²) in [6.45, 7) is 5.11. The molecule has 2 heterocycles. The van der Waals surface area contributed by atoms with Gasteiger partial charge >= 0.3 is 0 Å². The molecule has 148 valence electrons. The number of benzene rings is 1. The van der Waals surface area contributed by atoms with Crippen molar-refractivity contribution in [1.29, 1.82) is 0 Å². The molecule has 0 atom stereocenters. The summed E-state index contributed by atoms with van der Waals surface area (Å²) in [5.74, 6) is 0.952. The zero-order valence-corrected chi connectivity index (χ0v) is 16.3. The van der Waals surface area contributed by atoms with Crippen LogP contribution in [0.15, 0.2) is 33.8 Å². The minimum absolute atomic E-state index is 0.0363. The highest BCUT2D eigenvalue weighted by Crippen LogP contribution is 2.31. The first-order valence-electron chi connectivity index (χ1n) is 9.71. The van der Waals surface area contributed by atoms with Gasteiger partial charge in [0.2, 0.25) is 0 Å². The van der Waals surface area contributed by atoms with Gasteiger partial charge in [0.25, 0.3) is 5.91 Å². The van der Waals surface area contributed by atoms with Crippen LogP contribution in [0.3, 0.4) is 0 Å². The van der Waals surface area contributed by atoms with Gasteiger partial charge in [0.05, 0.1) is 11.4 Å². The number of carbonyl (C=O) groups excluding carboxylic acids is 1. The van der Waals surface area contributed by atoms with Crippen molar-refractivity contribution < 1.29 is 13.6 Å². The summed E-state index contributed by atoms with van der Waals surface area (Å²) in [6, 6.07) is 6.08. The summed E-state index contributed by atoms with van der Waals surface area (Å²) in [5, 5.41) is 4.53. The molecule has 1 aromatic heterocycles. The first-order valence-corrected chi connectivity index (χ1v) is 9.71. The number of likely N-dealkylation sites (N-methyl/N-ethyl adjacent to an activating group) is 1. The molecule has 0 saturated carbocycles. The fraction of sp³-hybridized carbons (Fsp3) is 0.429. The molecule has 28 heavy (non-hydrogen) atoms. The van der Waals surface area contributed by atoms with Gasteiger partial charge < -0.3 is 14.2 Å². The summed E-state index contributed by atoms with van der Waals surface area (Å²) in [7, 11) is 2.07. The molecule has 2 aromatic rings. The molecular formula is C21H25FN4O2. The van der Waals surface area contributed by atoms with Gasteiger partial charge in [-0.15, -0.1) is 0 Å². The Kier molecular flexibility index (Phi) is 5.17. The maximum atomic E-state index is 13.1. The number of furan rings is 1. The highest BCUT2D eigenvalue weighted by Gasteiger charge is 2.31. The number of hydrogen-bond donors (Lipinski definition) is 1. The molecule has 0 radical (unpaired) electrons. The van der Waals surface area contributed by atoms with Crippen LogP contribution in [0.1, 0.15) is 40.3 Å². The normalized spacial score (nSPS) is 19.0. The van der Waals surface area contributed by atoms with Gasteiger partial charge in [0, 0.05) is 43.7 Å². The lowest BCUT2D eigenvalue weighted by molar-refractivity contribution is 0.0629. The molecule has 0 spiro atoms. The van der Waals surface area contributed by atoms with E-state index in [0.717, 1.165) is 60.6 Å². The Hall–Kier alpha value is -2.67. The number of hydrazone groups is 1. The van der Waals surface area contributed by atoms with E-state index in [0.29, 0.717) is 18.8 Å². The molecule has 0 bridgehead atoms. The van der Waals surface area contributed by atoms with Gasteiger partial charge in [-0.1, -0.05) is 0 Å². The van der Waals surface area contributed by atoms with Crippen LogP contribution in [0.5, 0.6) is 0 Å². The SMILES string of the molecule is Cc1c(C(=O)N2CCN(C)CC2)oc2c1/C(=N/Nc1ccc(F)cc1)CCC2. The summed E-state index contributed by atoms with van der Waals surface area (Å²) in [4.78, 5) is 17.1. The molecular weight excluding hydrogens is 359 g/mol. The molecule has 2 aliphatic rings. The molecule has 1 fully saturated rings. The number of piperazine rings is 1. The van der Waals surface area contributed by atoms with Gasteiger partial charge in [0.1, 0.15) is 11.6 Å². The Balaban J connectivity index is 1.58. The molecule has 1 aromatic carbocycles. The lowest BCUT2D eigenvalue weighted by Crippen LogP contribution is -2.47. The lowest BCUT2D eigenvalue weighted by Gasteiger charge is -2.31. The largest absolute Gasteiger partial charge is 0.455 e. The van der Waals surface area contributed by atoms with E-state index in [4.69, 9.17) is 4.42 Å². The second kappa shape index (κ2) is 7.75. The quantitative estimate of drug-likeness (QED) is 0.825. The average molecular weight is 384 g/mol. The van der Waals surface area contributed by atoms with E-state index >= 15 is 0 Å². The fourth-order valence-electron chi connectivity index (χ4n) is 3.79. The monoisotopic (exact) mass is 384 g/mol. The topological polar surface area (TPSA) is 61.1 Å². The van der Waals surface area contributed by atoms with Gasteiger partial charge in [-0.25, -0.2) is 4.39 Å². The number of aryl methyl sites for hydroxylation is 1. The van der Waals surface area contributed by atoms with Crippen molar-refractivity contribution in [1.82, 2.24) is 9.80 Å². The molecule has 7 heteroatoms. The third-order valence-corrected chi connectivity index (χ3v) is 5.47. The van der Waals surface area contributed by atoms with Crippen LogP contribution in [0.2, 0.25) is 0 Å². The van der Waals surface area contributed by atoms with Crippen molar-refractivity contribution in [2.75, 3.05) is 38.7 Å². The van der Waals surface area contributed by atoms with Crippen molar-refractivity contribution in [3.8, 4) is 0 Å². The Labute approximate surface area is 164 Å². The van der Waals surface area contributed by atoms with E-state index < -0.39 is 0 Å². The second-order valence-electron chi connectivity index (χ2n) is 7.48. The van der Waals surface area contributed by atoms with Crippen LogP contribution in [-0.2, 0) is 6.42 Å². The van der Waals surface area contributed by atoms with Crippen LogP contribution in [-0.4, -0.2) is 54.6 Å². The van der Waals surface area contributed by atoms with Crippen LogP contribution in [0, 0.1) is 12.7 Å². The number of amides is 1.